The molecule has 0 aromatic carbocycles. The second kappa shape index (κ2) is 14.6. The third-order valence-corrected chi connectivity index (χ3v) is 6.98. The van der Waals surface area contributed by atoms with Crippen molar-refractivity contribution in [2.24, 2.45) is 0 Å². The maximum atomic E-state index is 10.3. The highest BCUT2D eigenvalue weighted by atomic mass is 32.4. The van der Waals surface area contributed by atoms with Crippen LogP contribution in [0.5, 0.6) is 0 Å². The molecule has 28 heavy (non-hydrogen) atoms. The molecule has 0 radical (unpaired) electrons. The first-order valence-corrected chi connectivity index (χ1v) is 17.1. The molecular weight excluding hydrogens is 498 g/mol. The molecule has 1 rings (SSSR count). The Morgan fingerprint density at radius 3 is 1.89 bits per heavy atom. The fourth-order valence-corrected chi connectivity index (χ4v) is 5.52. The Balaban J connectivity index is 0. The van der Waals surface area contributed by atoms with Crippen molar-refractivity contribution in [3.05, 3.63) is 0 Å². The van der Waals surface area contributed by atoms with Gasteiger partial charge in [-0.3, -0.25) is 13.2 Å². The molecule has 0 N–H and O–H groups in total. The molecule has 172 valence electrons. The topological polar surface area (TPSA) is 190 Å². The van der Waals surface area contributed by atoms with Crippen LogP contribution in [0.3, 0.4) is 0 Å². The molecule has 1 heterocycles. The summed E-state index contributed by atoms with van der Waals surface area (Å²) >= 11 is 0. The molecule has 0 spiro atoms. The average Bonchev–Trinajstić information content (AvgIpc) is 2.73. The van der Waals surface area contributed by atoms with Crippen LogP contribution in [0.2, 0.25) is 0 Å². The maximum Gasteiger partial charge on any atom is 0.276 e. The highest BCUT2D eigenvalue weighted by molar-refractivity contribution is 8.41. The first-order chi connectivity index (χ1) is 12.5. The molecule has 18 heteroatoms. The smallest absolute Gasteiger partial charge is 0.276 e. The van der Waals surface area contributed by atoms with Gasteiger partial charge in [0.1, 0.15) is 13.7 Å². The number of phosphoric acid groups is 2. The number of methoxy groups -OCH3 is 1. The highest BCUT2D eigenvalue weighted by Gasteiger charge is 2.34. The van der Waals surface area contributed by atoms with Gasteiger partial charge in [-0.15, -0.1) is 0 Å². The molecule has 1 fully saturated rings. The maximum absolute atomic E-state index is 10.3. The Bertz CT molecular complexity index is 533. The van der Waals surface area contributed by atoms with Crippen molar-refractivity contribution >= 4 is 48.6 Å². The zero-order valence-corrected chi connectivity index (χ0v) is 21.9. The quantitative estimate of drug-likeness (QED) is 0.431. The molecule has 0 aliphatic carbocycles. The second-order valence-corrected chi connectivity index (χ2v) is 15.7. The Morgan fingerprint density at radius 1 is 1.11 bits per heavy atom. The van der Waals surface area contributed by atoms with Gasteiger partial charge in [0, 0.05) is 20.2 Å². The lowest BCUT2D eigenvalue weighted by molar-refractivity contribution is -0.339. The molecule has 1 aliphatic heterocycles. The first kappa shape index (κ1) is 31.8. The van der Waals surface area contributed by atoms with Crippen molar-refractivity contribution in [2.75, 3.05) is 13.8 Å². The van der Waals surface area contributed by atoms with Crippen LogP contribution in [-0.2, 0) is 36.3 Å². The second-order valence-electron chi connectivity index (χ2n) is 5.33. The molecule has 0 saturated carbocycles. The number of rotatable bonds is 7. The lowest BCUT2D eigenvalue weighted by atomic mass is 10.2. The van der Waals surface area contributed by atoms with E-state index < -0.39 is 30.8 Å². The summed E-state index contributed by atoms with van der Waals surface area (Å²) < 4.78 is 52.6. The summed E-state index contributed by atoms with van der Waals surface area (Å²) in [7, 11) is -9.84. The van der Waals surface area contributed by atoms with E-state index >= 15 is 0 Å². The van der Waals surface area contributed by atoms with Crippen molar-refractivity contribution in [3.8, 4) is 0 Å². The van der Waals surface area contributed by atoms with Crippen LogP contribution in [0.1, 0.15) is 33.6 Å². The number of ether oxygens (including phenoxy) is 2. The molecule has 1 saturated heterocycles. The Hall–Kier alpha value is 1.62. The molecule has 5 unspecified atom stereocenters. The van der Waals surface area contributed by atoms with Gasteiger partial charge in [-0.05, 0) is 6.92 Å². The van der Waals surface area contributed by atoms with Crippen LogP contribution in [0.25, 0.3) is 0 Å². The van der Waals surface area contributed by atoms with E-state index in [1.165, 1.54) is 6.42 Å². The molecule has 12 nitrogen and oxygen atoms in total. The summed E-state index contributed by atoms with van der Waals surface area (Å²) in [4.78, 5) is 40.0. The van der Waals surface area contributed by atoms with Gasteiger partial charge in [0.15, 0.2) is 6.29 Å². The van der Waals surface area contributed by atoms with Crippen LogP contribution in [0.4, 0.5) is 0 Å². The average molecular weight is 524 g/mol. The zero-order chi connectivity index (χ0) is 22.8. The summed E-state index contributed by atoms with van der Waals surface area (Å²) in [5.74, 6) is 0. The summed E-state index contributed by atoms with van der Waals surface area (Å²) in [6.45, 7) is 6.64. The third kappa shape index (κ3) is 19.6. The van der Waals surface area contributed by atoms with Gasteiger partial charge in [0.2, 0.25) is 0 Å². The monoisotopic (exact) mass is 524 g/mol. The largest absolute Gasteiger partial charge is 0.790 e. The van der Waals surface area contributed by atoms with Gasteiger partial charge in [-0.1, -0.05) is 38.1 Å². The van der Waals surface area contributed by atoms with E-state index in [1.807, 2.05) is 6.92 Å². The summed E-state index contributed by atoms with van der Waals surface area (Å²) in [6.07, 6.45) is 2.31. The fourth-order valence-electron chi connectivity index (χ4n) is 1.55. The van der Waals surface area contributed by atoms with Crippen molar-refractivity contribution in [1.29, 1.82) is 0 Å². The lowest BCUT2D eigenvalue weighted by Gasteiger charge is -2.37. The predicted molar refractivity (Wildman–Crippen MR) is 104 cm³/mol. The van der Waals surface area contributed by atoms with Crippen molar-refractivity contribution in [2.45, 2.75) is 52.1 Å². The van der Waals surface area contributed by atoms with Gasteiger partial charge in [-0.2, -0.15) is 0 Å². The van der Waals surface area contributed by atoms with Crippen LogP contribution >= 0.6 is 48.6 Å². The first-order valence-electron chi connectivity index (χ1n) is 7.65. The standard InChI is InChI=1S/C6H15O3P3.C3H8.CH7O9P3/c1-4-3-5(7-2)6(8-4)9-12(10)11;1-3-2;1-11(2,3)9-13(7,8)10-12(4,5)6/h4-6H,3,10-11H2,1-2H3;3H2,1-2H3;1H3,(H,2,3)(H,7,8)(H2,4,5,6)/p-4/t4-,5?,6+;;/m0../s1. The highest BCUT2D eigenvalue weighted by Crippen LogP contribution is 2.58. The Morgan fingerprint density at radius 2 is 1.57 bits per heavy atom. The van der Waals surface area contributed by atoms with Gasteiger partial charge in [-0.25, -0.2) is 0 Å². The molecule has 0 aromatic heterocycles. The summed E-state index contributed by atoms with van der Waals surface area (Å²) in [6, 6.07) is 0. The van der Waals surface area contributed by atoms with E-state index in [-0.39, 0.29) is 18.5 Å². The minimum atomic E-state index is -5.83. The van der Waals surface area contributed by atoms with E-state index in [0.29, 0.717) is 6.66 Å². The van der Waals surface area contributed by atoms with Gasteiger partial charge in [0.25, 0.3) is 7.82 Å². The van der Waals surface area contributed by atoms with E-state index in [2.05, 4.69) is 40.3 Å². The number of hydrogen-bond donors (Lipinski definition) is 0. The van der Waals surface area contributed by atoms with E-state index in [1.54, 1.807) is 7.11 Å². The Kier molecular flexibility index (Phi) is 16.6. The fraction of sp³-hybridized carbons (Fsp3) is 1.00. The van der Waals surface area contributed by atoms with Crippen LogP contribution in [0.15, 0.2) is 0 Å². The lowest BCUT2D eigenvalue weighted by Crippen LogP contribution is -2.23. The molecule has 0 amide bonds. The van der Waals surface area contributed by atoms with Crippen LogP contribution in [0, 0.1) is 0 Å². The minimum Gasteiger partial charge on any atom is -0.790 e. The van der Waals surface area contributed by atoms with Crippen molar-refractivity contribution < 1.29 is 55.9 Å². The van der Waals surface area contributed by atoms with Crippen LogP contribution < -0.4 is 19.6 Å². The SMILES string of the molecule is CCC.COC1C[C@H](C)O[C@@H]1OP(P)P.CP(=O)([O-])OP(=O)([O-])OP(=O)([O-])[O-]. The van der Waals surface area contributed by atoms with Crippen LogP contribution in [-0.4, -0.2) is 32.3 Å². The summed E-state index contributed by atoms with van der Waals surface area (Å²) in [5, 5.41) is 0. The normalized spacial score (nSPS) is 26.4. The summed E-state index contributed by atoms with van der Waals surface area (Å²) in [5.41, 5.74) is 0. The van der Waals surface area contributed by atoms with Gasteiger partial charge in [0.05, 0.1) is 21.5 Å². The third-order valence-electron chi connectivity index (χ3n) is 2.21. The van der Waals surface area contributed by atoms with Gasteiger partial charge >= 0.3 is 0 Å². The number of hydrogen-bond acceptors (Lipinski definition) is 12. The minimum absolute atomic E-state index is 0.0890. The molecule has 0 bridgehead atoms. The molecule has 0 aromatic rings. The van der Waals surface area contributed by atoms with E-state index in [0.717, 1.165) is 6.42 Å². The van der Waals surface area contributed by atoms with Crippen molar-refractivity contribution in [3.63, 3.8) is 0 Å². The van der Waals surface area contributed by atoms with E-state index in [4.69, 9.17) is 14.0 Å². The Labute approximate surface area is 170 Å². The zero-order valence-electron chi connectivity index (χ0n) is 16.0. The molecule has 7 atom stereocenters. The molecular formula is C10H26O12P6-4. The van der Waals surface area contributed by atoms with Gasteiger partial charge < -0.3 is 42.7 Å². The molecule has 1 aliphatic rings. The van der Waals surface area contributed by atoms with Crippen molar-refractivity contribution in [1.82, 2.24) is 0 Å². The predicted octanol–water partition coefficient (Wildman–Crippen LogP) is 1.05. The van der Waals surface area contributed by atoms with E-state index in [9.17, 15) is 33.3 Å².